The molecule has 0 atom stereocenters. The number of nitrogen functional groups attached to an aromatic ring is 1. The number of hydrogen-bond donors (Lipinski definition) is 2. The fraction of sp³-hybridized carbons (Fsp3) is 0.0769. The summed E-state index contributed by atoms with van der Waals surface area (Å²) in [5.41, 5.74) is 7.46. The van der Waals surface area contributed by atoms with Crippen LogP contribution in [0.15, 0.2) is 47.1 Å². The summed E-state index contributed by atoms with van der Waals surface area (Å²) in [6.45, 7) is 0.453. The van der Waals surface area contributed by atoms with E-state index in [1.807, 2.05) is 24.3 Å². The molecule has 4 nitrogen and oxygen atoms in total. The maximum absolute atomic E-state index is 11.8. The van der Waals surface area contributed by atoms with Gasteiger partial charge in [0.15, 0.2) is 0 Å². The molecule has 2 aromatic rings. The molecule has 5 heteroatoms. The van der Waals surface area contributed by atoms with Gasteiger partial charge in [0.05, 0.1) is 0 Å². The van der Waals surface area contributed by atoms with Crippen molar-refractivity contribution in [3.63, 3.8) is 0 Å². The van der Waals surface area contributed by atoms with Crippen molar-refractivity contribution in [1.29, 1.82) is 0 Å². The number of pyridine rings is 1. The molecule has 0 aliphatic carbocycles. The van der Waals surface area contributed by atoms with Crippen molar-refractivity contribution >= 4 is 27.5 Å². The Morgan fingerprint density at radius 2 is 2.17 bits per heavy atom. The summed E-state index contributed by atoms with van der Waals surface area (Å²) in [5, 5.41) is 2.79. The Labute approximate surface area is 113 Å². The summed E-state index contributed by atoms with van der Waals surface area (Å²) in [5.74, 6) is -0.234. The first-order chi connectivity index (χ1) is 8.65. The monoisotopic (exact) mass is 305 g/mol. The number of aromatic nitrogens is 1. The summed E-state index contributed by atoms with van der Waals surface area (Å²) in [6.07, 6.45) is 1.52. The molecule has 3 N–H and O–H groups in total. The Morgan fingerprint density at radius 3 is 2.89 bits per heavy atom. The van der Waals surface area contributed by atoms with Gasteiger partial charge in [-0.2, -0.15) is 0 Å². The third kappa shape index (κ3) is 3.30. The summed E-state index contributed by atoms with van der Waals surface area (Å²) in [7, 11) is 0. The lowest BCUT2D eigenvalue weighted by Gasteiger charge is -2.05. The first kappa shape index (κ1) is 12.6. The fourth-order valence-corrected chi connectivity index (χ4v) is 1.94. The number of carbonyl (C=O) groups is 1. The summed E-state index contributed by atoms with van der Waals surface area (Å²) < 4.78 is 0.983. The lowest BCUT2D eigenvalue weighted by atomic mass is 10.2. The fourth-order valence-electron chi connectivity index (χ4n) is 1.49. The Bertz CT molecular complexity index is 572. The number of halogens is 1. The molecule has 1 aromatic heterocycles. The number of amides is 1. The molecule has 0 spiro atoms. The highest BCUT2D eigenvalue weighted by molar-refractivity contribution is 9.10. The Kier molecular flexibility index (Phi) is 3.94. The van der Waals surface area contributed by atoms with Crippen LogP contribution in [-0.2, 0) is 6.54 Å². The summed E-state index contributed by atoms with van der Waals surface area (Å²) >= 11 is 3.38. The van der Waals surface area contributed by atoms with Crippen molar-refractivity contribution in [3.8, 4) is 0 Å². The summed E-state index contributed by atoms with van der Waals surface area (Å²) in [4.78, 5) is 15.8. The molecule has 0 unspecified atom stereocenters. The standard InChI is InChI=1S/C13H12BrN3O/c14-10-3-1-2-9(6-10)8-17-13(18)12-7-11(15)4-5-16-12/h1-7H,8H2,(H2,15,16)(H,17,18). The zero-order valence-corrected chi connectivity index (χ0v) is 11.1. The van der Waals surface area contributed by atoms with Gasteiger partial charge in [0.25, 0.3) is 5.91 Å². The Morgan fingerprint density at radius 1 is 1.33 bits per heavy atom. The van der Waals surface area contributed by atoms with Crippen molar-refractivity contribution in [2.24, 2.45) is 0 Å². The molecule has 0 saturated carbocycles. The minimum absolute atomic E-state index is 0.234. The van der Waals surface area contributed by atoms with Crippen LogP contribution in [-0.4, -0.2) is 10.9 Å². The molecule has 0 bridgehead atoms. The van der Waals surface area contributed by atoms with Gasteiger partial charge in [-0.25, -0.2) is 0 Å². The predicted molar refractivity (Wildman–Crippen MR) is 74.0 cm³/mol. The van der Waals surface area contributed by atoms with E-state index in [1.165, 1.54) is 6.20 Å². The molecular weight excluding hydrogens is 294 g/mol. The van der Waals surface area contributed by atoms with Crippen molar-refractivity contribution in [2.45, 2.75) is 6.54 Å². The number of nitrogens with one attached hydrogen (secondary N) is 1. The molecule has 0 aliphatic heterocycles. The second kappa shape index (κ2) is 5.64. The topological polar surface area (TPSA) is 68.0 Å². The largest absolute Gasteiger partial charge is 0.399 e. The lowest BCUT2D eigenvalue weighted by Crippen LogP contribution is -2.23. The highest BCUT2D eigenvalue weighted by atomic mass is 79.9. The van der Waals surface area contributed by atoms with Gasteiger partial charge in [-0.1, -0.05) is 28.1 Å². The van der Waals surface area contributed by atoms with E-state index in [1.54, 1.807) is 12.1 Å². The van der Waals surface area contributed by atoms with E-state index in [0.717, 1.165) is 10.0 Å². The number of hydrogen-bond acceptors (Lipinski definition) is 3. The molecule has 92 valence electrons. The molecule has 0 radical (unpaired) electrons. The van der Waals surface area contributed by atoms with Crippen LogP contribution in [0.25, 0.3) is 0 Å². The average molecular weight is 306 g/mol. The van der Waals surface area contributed by atoms with Gasteiger partial charge in [0, 0.05) is 22.9 Å². The van der Waals surface area contributed by atoms with Crippen LogP contribution in [0.1, 0.15) is 16.1 Å². The number of nitrogens with zero attached hydrogens (tertiary/aromatic N) is 1. The zero-order valence-electron chi connectivity index (χ0n) is 9.56. The Balaban J connectivity index is 2.00. The molecule has 0 aliphatic rings. The quantitative estimate of drug-likeness (QED) is 0.914. The summed E-state index contributed by atoms with van der Waals surface area (Å²) in [6, 6.07) is 10.9. The minimum atomic E-state index is -0.234. The zero-order chi connectivity index (χ0) is 13.0. The minimum Gasteiger partial charge on any atom is -0.399 e. The normalized spacial score (nSPS) is 10.1. The van der Waals surface area contributed by atoms with Crippen LogP contribution in [0, 0.1) is 0 Å². The van der Waals surface area contributed by atoms with Gasteiger partial charge in [0.2, 0.25) is 0 Å². The van der Waals surface area contributed by atoms with E-state index in [0.29, 0.717) is 17.9 Å². The van der Waals surface area contributed by atoms with Crippen LogP contribution in [0.3, 0.4) is 0 Å². The van der Waals surface area contributed by atoms with Crippen LogP contribution >= 0.6 is 15.9 Å². The molecule has 0 saturated heterocycles. The van der Waals surface area contributed by atoms with Gasteiger partial charge < -0.3 is 11.1 Å². The van der Waals surface area contributed by atoms with Crippen molar-refractivity contribution in [1.82, 2.24) is 10.3 Å². The molecule has 18 heavy (non-hydrogen) atoms. The van der Waals surface area contributed by atoms with E-state index in [9.17, 15) is 4.79 Å². The SMILES string of the molecule is Nc1ccnc(C(=O)NCc2cccc(Br)c2)c1. The molecule has 1 heterocycles. The van der Waals surface area contributed by atoms with Crippen LogP contribution in [0.5, 0.6) is 0 Å². The van der Waals surface area contributed by atoms with E-state index < -0.39 is 0 Å². The smallest absolute Gasteiger partial charge is 0.270 e. The first-order valence-electron chi connectivity index (χ1n) is 5.39. The average Bonchev–Trinajstić information content (AvgIpc) is 2.36. The van der Waals surface area contributed by atoms with Crippen LogP contribution in [0.2, 0.25) is 0 Å². The number of carbonyl (C=O) groups excluding carboxylic acids is 1. The molecule has 1 amide bonds. The van der Waals surface area contributed by atoms with E-state index in [4.69, 9.17) is 5.73 Å². The first-order valence-corrected chi connectivity index (χ1v) is 6.18. The third-order valence-corrected chi connectivity index (χ3v) is 2.85. The van der Waals surface area contributed by atoms with Gasteiger partial charge in [0.1, 0.15) is 5.69 Å². The number of benzene rings is 1. The van der Waals surface area contributed by atoms with Crippen molar-refractivity contribution < 1.29 is 4.79 Å². The molecule has 2 rings (SSSR count). The second-order valence-electron chi connectivity index (χ2n) is 3.79. The van der Waals surface area contributed by atoms with E-state index >= 15 is 0 Å². The highest BCUT2D eigenvalue weighted by Crippen LogP contribution is 2.11. The Hall–Kier alpha value is -1.88. The maximum atomic E-state index is 11.8. The van der Waals surface area contributed by atoms with Crippen molar-refractivity contribution in [3.05, 3.63) is 58.3 Å². The lowest BCUT2D eigenvalue weighted by molar-refractivity contribution is 0.0946. The van der Waals surface area contributed by atoms with Gasteiger partial charge in [-0.3, -0.25) is 9.78 Å². The van der Waals surface area contributed by atoms with E-state index in [-0.39, 0.29) is 5.91 Å². The number of rotatable bonds is 3. The molecule has 1 aromatic carbocycles. The van der Waals surface area contributed by atoms with Gasteiger partial charge >= 0.3 is 0 Å². The van der Waals surface area contributed by atoms with Crippen molar-refractivity contribution in [2.75, 3.05) is 5.73 Å². The highest BCUT2D eigenvalue weighted by Gasteiger charge is 2.06. The van der Waals surface area contributed by atoms with Crippen LogP contribution in [0.4, 0.5) is 5.69 Å². The number of anilines is 1. The van der Waals surface area contributed by atoms with E-state index in [2.05, 4.69) is 26.2 Å². The van der Waals surface area contributed by atoms with Crippen LogP contribution < -0.4 is 11.1 Å². The maximum Gasteiger partial charge on any atom is 0.270 e. The third-order valence-electron chi connectivity index (χ3n) is 2.36. The number of nitrogens with two attached hydrogens (primary N) is 1. The second-order valence-corrected chi connectivity index (χ2v) is 4.70. The predicted octanol–water partition coefficient (Wildman–Crippen LogP) is 2.36. The van der Waals surface area contributed by atoms with Gasteiger partial charge in [-0.05, 0) is 29.8 Å². The van der Waals surface area contributed by atoms with Gasteiger partial charge in [-0.15, -0.1) is 0 Å². The molecule has 0 fully saturated rings. The molecular formula is C13H12BrN3O.